The van der Waals surface area contributed by atoms with Gasteiger partial charge in [-0.25, -0.2) is 9.50 Å². The molecule has 3 aromatic rings. The van der Waals surface area contributed by atoms with Crippen LogP contribution in [-0.2, 0) is 17.8 Å². The number of fused-ring (bicyclic) bond motifs is 1. The highest BCUT2D eigenvalue weighted by molar-refractivity contribution is 5.92. The maximum absolute atomic E-state index is 13.3. The summed E-state index contributed by atoms with van der Waals surface area (Å²) in [5, 5.41) is 14.3. The normalized spacial score (nSPS) is 22.7. The lowest BCUT2D eigenvalue weighted by atomic mass is 9.85. The van der Waals surface area contributed by atoms with Crippen LogP contribution < -0.4 is 10.6 Å². The summed E-state index contributed by atoms with van der Waals surface area (Å²) >= 11 is 0. The van der Waals surface area contributed by atoms with Crippen LogP contribution in [0.3, 0.4) is 0 Å². The number of aromatic nitrogens is 5. The third-order valence-corrected chi connectivity index (χ3v) is 8.37. The molecule has 1 aliphatic heterocycles. The Bertz CT molecular complexity index is 1360. The molecule has 4 heterocycles. The van der Waals surface area contributed by atoms with Gasteiger partial charge in [0.05, 0.1) is 30.0 Å². The van der Waals surface area contributed by atoms with Crippen molar-refractivity contribution < 1.29 is 22.8 Å². The van der Waals surface area contributed by atoms with Crippen LogP contribution >= 0.6 is 0 Å². The van der Waals surface area contributed by atoms with Crippen LogP contribution in [0.2, 0.25) is 0 Å². The highest BCUT2D eigenvalue weighted by Crippen LogP contribution is 2.54. The summed E-state index contributed by atoms with van der Waals surface area (Å²) in [6, 6.07) is 3.19. The summed E-state index contributed by atoms with van der Waals surface area (Å²) < 4.78 is 43.1. The molecule has 6 rings (SSSR count). The molecule has 2 N–H and O–H groups in total. The Balaban J connectivity index is 1.26. The van der Waals surface area contributed by atoms with Crippen molar-refractivity contribution in [3.63, 3.8) is 0 Å². The van der Waals surface area contributed by atoms with Gasteiger partial charge in [-0.15, -0.1) is 0 Å². The van der Waals surface area contributed by atoms with E-state index in [0.29, 0.717) is 41.0 Å². The Hall–Kier alpha value is -3.44. The number of aryl methyl sites for hydroxylation is 1. The van der Waals surface area contributed by atoms with Crippen molar-refractivity contribution in [2.45, 2.75) is 64.2 Å². The number of imidazole rings is 1. The molecule has 208 valence electrons. The third kappa shape index (κ3) is 5.38. The van der Waals surface area contributed by atoms with Gasteiger partial charge < -0.3 is 10.6 Å². The quantitative estimate of drug-likeness (QED) is 0.428. The first-order chi connectivity index (χ1) is 18.7. The van der Waals surface area contributed by atoms with E-state index in [4.69, 9.17) is 4.98 Å². The number of nitrogens with one attached hydrogen (secondary N) is 2. The summed E-state index contributed by atoms with van der Waals surface area (Å²) in [7, 11) is 0. The second-order valence-corrected chi connectivity index (χ2v) is 11.2. The summed E-state index contributed by atoms with van der Waals surface area (Å²) in [5.74, 6) is -1.54. The molecule has 0 spiro atoms. The Morgan fingerprint density at radius 1 is 1.21 bits per heavy atom. The monoisotopic (exact) mass is 543 g/mol. The molecule has 0 radical (unpaired) electrons. The van der Waals surface area contributed by atoms with Crippen LogP contribution in [0.5, 0.6) is 0 Å². The summed E-state index contributed by atoms with van der Waals surface area (Å²) in [5.41, 5.74) is 2.40. The van der Waals surface area contributed by atoms with Gasteiger partial charge >= 0.3 is 6.18 Å². The molecule has 0 aromatic carbocycles. The Labute approximate surface area is 223 Å². The fraction of sp³-hybridized carbons (Fsp3) is 0.593. The first kappa shape index (κ1) is 25.8. The van der Waals surface area contributed by atoms with Gasteiger partial charge in [-0.05, 0) is 80.9 Å². The van der Waals surface area contributed by atoms with Crippen LogP contribution in [-0.4, -0.2) is 48.9 Å². The van der Waals surface area contributed by atoms with Crippen molar-refractivity contribution in [1.29, 1.82) is 0 Å². The maximum atomic E-state index is 13.3. The smallest absolute Gasteiger partial charge is 0.355 e. The summed E-state index contributed by atoms with van der Waals surface area (Å²) in [6.45, 7) is 2.14. The summed E-state index contributed by atoms with van der Waals surface area (Å²) in [4.78, 5) is 30.5. The van der Waals surface area contributed by atoms with Crippen molar-refractivity contribution in [2.24, 2.45) is 29.6 Å². The average Bonchev–Trinajstić information content (AvgIpc) is 3.83. The number of halogens is 3. The molecule has 2 amide bonds. The zero-order valence-corrected chi connectivity index (χ0v) is 21.7. The number of carbonyl (C=O) groups excluding carboxylic acids is 2. The standard InChI is InChI=1S/C27H32F3N7O2/c1-2-36-21(7-8-32-36)26(39)35-24(23(16-3-4-16)17-5-6-17)20-14-37-22(34-20)10-15(12-33-37)9-18-11-19(27(28,29)30)13-31-25(18)38/h7-8,10,12,14,16-19,23-24H,2-6,9,11,13H2,1H3,(H,31,38)(H,35,39)/t18?,19-,24?/m1/s1. The minimum atomic E-state index is -4.35. The van der Waals surface area contributed by atoms with Gasteiger partial charge in [-0.3, -0.25) is 14.3 Å². The number of rotatable bonds is 9. The summed E-state index contributed by atoms with van der Waals surface area (Å²) in [6.07, 6.45) is 5.13. The number of alkyl halides is 3. The van der Waals surface area contributed by atoms with E-state index in [9.17, 15) is 22.8 Å². The molecule has 2 saturated carbocycles. The van der Waals surface area contributed by atoms with Gasteiger partial charge in [-0.2, -0.15) is 23.4 Å². The first-order valence-corrected chi connectivity index (χ1v) is 13.7. The van der Waals surface area contributed by atoms with Crippen molar-refractivity contribution in [2.75, 3.05) is 6.54 Å². The van der Waals surface area contributed by atoms with Crippen molar-refractivity contribution in [3.05, 3.63) is 47.7 Å². The van der Waals surface area contributed by atoms with E-state index >= 15 is 0 Å². The van der Waals surface area contributed by atoms with Crippen molar-refractivity contribution in [3.8, 4) is 0 Å². The minimum Gasteiger partial charge on any atom is -0.355 e. The van der Waals surface area contributed by atoms with Crippen molar-refractivity contribution in [1.82, 2.24) is 35.0 Å². The number of nitrogens with zero attached hydrogens (tertiary/aromatic N) is 5. The van der Waals surface area contributed by atoms with Crippen molar-refractivity contribution >= 4 is 17.5 Å². The molecule has 9 nitrogen and oxygen atoms in total. The number of hydrogen-bond acceptors (Lipinski definition) is 5. The second-order valence-electron chi connectivity index (χ2n) is 11.2. The van der Waals surface area contributed by atoms with Gasteiger partial charge in [0.25, 0.3) is 5.91 Å². The van der Waals surface area contributed by atoms with Crippen LogP contribution in [0.1, 0.15) is 66.8 Å². The largest absolute Gasteiger partial charge is 0.393 e. The molecule has 3 aliphatic rings. The highest BCUT2D eigenvalue weighted by atomic mass is 19.4. The van der Waals surface area contributed by atoms with Crippen LogP contribution in [0.4, 0.5) is 13.2 Å². The number of carbonyl (C=O) groups is 2. The zero-order chi connectivity index (χ0) is 27.3. The van der Waals surface area contributed by atoms with E-state index < -0.39 is 18.0 Å². The molecular formula is C27H32F3N7O2. The molecule has 39 heavy (non-hydrogen) atoms. The molecule has 3 atom stereocenters. The average molecular weight is 544 g/mol. The van der Waals surface area contributed by atoms with E-state index in [1.54, 1.807) is 33.7 Å². The molecule has 1 saturated heterocycles. The lowest BCUT2D eigenvalue weighted by Crippen LogP contribution is -2.47. The number of piperidine rings is 1. The predicted octanol–water partition coefficient (Wildman–Crippen LogP) is 3.71. The fourth-order valence-corrected chi connectivity index (χ4v) is 6.06. The SMILES string of the molecule is CCn1nccc1C(=O)NC(c1cn2ncc(CC3C[C@@H](C(F)(F)F)CNC3=O)cc2n1)C(C1CC1)C1CC1. The second kappa shape index (κ2) is 9.95. The predicted molar refractivity (Wildman–Crippen MR) is 134 cm³/mol. The van der Waals surface area contributed by atoms with Gasteiger partial charge in [0, 0.05) is 25.2 Å². The van der Waals surface area contributed by atoms with Gasteiger partial charge in [0.15, 0.2) is 5.65 Å². The molecular weight excluding hydrogens is 511 g/mol. The fourth-order valence-electron chi connectivity index (χ4n) is 6.06. The van der Waals surface area contributed by atoms with E-state index in [2.05, 4.69) is 20.8 Å². The van der Waals surface area contributed by atoms with Crippen LogP contribution in [0.15, 0.2) is 30.7 Å². The molecule has 2 unspecified atom stereocenters. The molecule has 3 fully saturated rings. The number of amides is 2. The molecule has 12 heteroatoms. The third-order valence-electron chi connectivity index (χ3n) is 8.37. The lowest BCUT2D eigenvalue weighted by molar-refractivity contribution is -0.183. The topological polar surface area (TPSA) is 106 Å². The van der Waals surface area contributed by atoms with Gasteiger partial charge in [-0.1, -0.05) is 0 Å². The van der Waals surface area contributed by atoms with E-state index in [1.807, 2.05) is 13.1 Å². The Kier molecular flexibility index (Phi) is 6.58. The molecule has 0 bridgehead atoms. The minimum absolute atomic E-state index is 0.151. The van der Waals surface area contributed by atoms with Gasteiger partial charge in [0.2, 0.25) is 5.91 Å². The van der Waals surface area contributed by atoms with Gasteiger partial charge in [0.1, 0.15) is 5.69 Å². The van der Waals surface area contributed by atoms with E-state index in [0.717, 1.165) is 25.7 Å². The van der Waals surface area contributed by atoms with E-state index in [1.165, 1.54) is 0 Å². The first-order valence-electron chi connectivity index (χ1n) is 13.7. The van der Waals surface area contributed by atoms with E-state index in [-0.39, 0.29) is 43.2 Å². The van der Waals surface area contributed by atoms with Crippen LogP contribution in [0, 0.1) is 29.6 Å². The molecule has 3 aromatic heterocycles. The number of hydrogen-bond donors (Lipinski definition) is 2. The maximum Gasteiger partial charge on any atom is 0.393 e. The Morgan fingerprint density at radius 3 is 2.62 bits per heavy atom. The zero-order valence-electron chi connectivity index (χ0n) is 21.7. The molecule has 2 aliphatic carbocycles. The lowest BCUT2D eigenvalue weighted by Gasteiger charge is -2.30. The van der Waals surface area contributed by atoms with Crippen LogP contribution in [0.25, 0.3) is 5.65 Å². The Morgan fingerprint density at radius 2 is 1.95 bits per heavy atom. The highest BCUT2D eigenvalue weighted by Gasteiger charge is 2.47.